The fourth-order valence-electron chi connectivity index (χ4n) is 6.80. The normalized spacial score (nSPS) is 12.3. The molecule has 0 saturated heterocycles. The Balaban J connectivity index is 1.41. The molecule has 0 atom stereocenters. The minimum absolute atomic E-state index is 0.826. The van der Waals surface area contributed by atoms with E-state index in [0.717, 1.165) is 54.2 Å². The Bertz CT molecular complexity index is 2420. The molecule has 1 aromatic heterocycles. The molecule has 0 aliphatic heterocycles. The van der Waals surface area contributed by atoms with Gasteiger partial charge in [0.1, 0.15) is 0 Å². The van der Waals surface area contributed by atoms with E-state index in [1.54, 1.807) is 0 Å². The molecular formula is C42H34NOPSi. The van der Waals surface area contributed by atoms with Crippen molar-refractivity contribution < 1.29 is 4.57 Å². The van der Waals surface area contributed by atoms with Crippen molar-refractivity contribution in [3.63, 3.8) is 0 Å². The van der Waals surface area contributed by atoms with Gasteiger partial charge < -0.3 is 4.57 Å². The van der Waals surface area contributed by atoms with Crippen LogP contribution in [0.5, 0.6) is 0 Å². The number of aromatic nitrogens is 1. The smallest absolute Gasteiger partial charge is 0.171 e. The minimum Gasteiger partial charge on any atom is -0.309 e. The van der Waals surface area contributed by atoms with Crippen LogP contribution < -0.4 is 21.1 Å². The summed E-state index contributed by atoms with van der Waals surface area (Å²) in [5.74, 6) is 0. The van der Waals surface area contributed by atoms with Crippen LogP contribution in [-0.2, 0) is 4.57 Å². The molecule has 0 radical (unpaired) electrons. The number of benzene rings is 7. The van der Waals surface area contributed by atoms with Crippen molar-refractivity contribution in [2.45, 2.75) is 19.6 Å². The second kappa shape index (κ2) is 10.9. The molecule has 1 heterocycles. The Hall–Kier alpha value is -4.82. The maximum absolute atomic E-state index is 15.1. The molecule has 8 aromatic rings. The Labute approximate surface area is 270 Å². The highest BCUT2D eigenvalue weighted by Gasteiger charge is 2.29. The van der Waals surface area contributed by atoms with Gasteiger partial charge in [-0.2, -0.15) is 0 Å². The first-order valence-electron chi connectivity index (χ1n) is 15.8. The SMILES string of the molecule is C[Si](C)(C)c1ccc2ccc3c(-c4ccc(P(=O)(c5ccccc5)c5ccccc5)cc4)c4ccc5ccccc5c4nc3c2c1. The Morgan fingerprint density at radius 2 is 0.978 bits per heavy atom. The third kappa shape index (κ3) is 4.62. The Morgan fingerprint density at radius 1 is 0.478 bits per heavy atom. The van der Waals surface area contributed by atoms with Gasteiger partial charge in [0.25, 0.3) is 0 Å². The first-order chi connectivity index (χ1) is 22.3. The second-order valence-electron chi connectivity index (χ2n) is 13.1. The predicted molar refractivity (Wildman–Crippen MR) is 202 cm³/mol. The monoisotopic (exact) mass is 627 g/mol. The zero-order valence-electron chi connectivity index (χ0n) is 26.2. The van der Waals surface area contributed by atoms with Crippen LogP contribution in [0.4, 0.5) is 0 Å². The molecule has 0 saturated carbocycles. The van der Waals surface area contributed by atoms with Crippen LogP contribution in [-0.4, -0.2) is 13.1 Å². The van der Waals surface area contributed by atoms with Gasteiger partial charge in [0.2, 0.25) is 0 Å². The van der Waals surface area contributed by atoms with Crippen LogP contribution in [0.15, 0.2) is 152 Å². The van der Waals surface area contributed by atoms with Crippen molar-refractivity contribution in [1.29, 1.82) is 0 Å². The molecule has 7 aromatic carbocycles. The van der Waals surface area contributed by atoms with Crippen molar-refractivity contribution in [3.05, 3.63) is 152 Å². The lowest BCUT2D eigenvalue weighted by Crippen LogP contribution is -2.37. The summed E-state index contributed by atoms with van der Waals surface area (Å²) in [4.78, 5) is 5.45. The molecule has 222 valence electrons. The van der Waals surface area contributed by atoms with Gasteiger partial charge in [-0.15, -0.1) is 0 Å². The van der Waals surface area contributed by atoms with E-state index in [2.05, 4.69) is 111 Å². The van der Waals surface area contributed by atoms with Gasteiger partial charge in [-0.1, -0.05) is 176 Å². The van der Waals surface area contributed by atoms with Crippen LogP contribution in [0.1, 0.15) is 0 Å². The molecule has 2 nitrogen and oxygen atoms in total. The lowest BCUT2D eigenvalue weighted by molar-refractivity contribution is 0.592. The van der Waals surface area contributed by atoms with E-state index in [-0.39, 0.29) is 0 Å². The quantitative estimate of drug-likeness (QED) is 0.0823. The topological polar surface area (TPSA) is 30.0 Å². The van der Waals surface area contributed by atoms with E-state index in [9.17, 15) is 0 Å². The average molecular weight is 628 g/mol. The summed E-state index contributed by atoms with van der Waals surface area (Å²) in [5.41, 5.74) is 4.28. The van der Waals surface area contributed by atoms with Gasteiger partial charge in [-0.05, 0) is 16.3 Å². The van der Waals surface area contributed by atoms with Crippen molar-refractivity contribution in [1.82, 2.24) is 4.98 Å². The van der Waals surface area contributed by atoms with Crippen LogP contribution in [0, 0.1) is 0 Å². The van der Waals surface area contributed by atoms with Crippen LogP contribution in [0.3, 0.4) is 0 Å². The summed E-state index contributed by atoms with van der Waals surface area (Å²) in [6.45, 7) is 7.19. The zero-order valence-corrected chi connectivity index (χ0v) is 28.1. The van der Waals surface area contributed by atoms with E-state index in [0.29, 0.717) is 0 Å². The number of hydrogen-bond donors (Lipinski definition) is 0. The summed E-state index contributed by atoms with van der Waals surface area (Å²) in [6, 6.07) is 52.5. The molecule has 0 N–H and O–H groups in total. The van der Waals surface area contributed by atoms with Crippen LogP contribution in [0.25, 0.3) is 54.5 Å². The Kier molecular flexibility index (Phi) is 6.79. The molecule has 8 rings (SSSR count). The molecule has 4 heteroatoms. The third-order valence-electron chi connectivity index (χ3n) is 9.28. The first kappa shape index (κ1) is 28.6. The fourth-order valence-corrected chi connectivity index (χ4v) is 10.6. The van der Waals surface area contributed by atoms with Gasteiger partial charge in [-0.25, -0.2) is 4.98 Å². The third-order valence-corrected chi connectivity index (χ3v) is 14.4. The number of rotatable bonds is 5. The van der Waals surface area contributed by atoms with Crippen molar-refractivity contribution in [3.8, 4) is 11.1 Å². The van der Waals surface area contributed by atoms with E-state index in [4.69, 9.17) is 4.98 Å². The van der Waals surface area contributed by atoms with Gasteiger partial charge in [0.05, 0.1) is 19.1 Å². The molecule has 46 heavy (non-hydrogen) atoms. The first-order valence-corrected chi connectivity index (χ1v) is 21.0. The summed E-state index contributed by atoms with van der Waals surface area (Å²) in [5, 5.41) is 10.9. The molecule has 0 aliphatic rings. The maximum atomic E-state index is 15.1. The number of hydrogen-bond acceptors (Lipinski definition) is 2. The fraction of sp³-hybridized carbons (Fsp3) is 0.0714. The molecule has 0 fully saturated rings. The average Bonchev–Trinajstić information content (AvgIpc) is 3.10. The number of nitrogens with zero attached hydrogens (tertiary/aromatic N) is 1. The van der Waals surface area contributed by atoms with E-state index in [1.165, 1.54) is 21.3 Å². The second-order valence-corrected chi connectivity index (χ2v) is 21.0. The van der Waals surface area contributed by atoms with E-state index >= 15 is 4.57 Å². The van der Waals surface area contributed by atoms with Crippen molar-refractivity contribution in [2.75, 3.05) is 0 Å². The van der Waals surface area contributed by atoms with Gasteiger partial charge in [0, 0.05) is 43.0 Å². The molecule has 0 amide bonds. The van der Waals surface area contributed by atoms with Crippen molar-refractivity contribution >= 4 is 79.7 Å². The van der Waals surface area contributed by atoms with Crippen LogP contribution in [0.2, 0.25) is 19.6 Å². The Morgan fingerprint density at radius 3 is 1.59 bits per heavy atom. The minimum atomic E-state index is -3.08. The van der Waals surface area contributed by atoms with Crippen molar-refractivity contribution in [2.24, 2.45) is 0 Å². The molecule has 0 unspecified atom stereocenters. The highest BCUT2D eigenvalue weighted by molar-refractivity contribution is 7.85. The number of fused-ring (bicyclic) bond motifs is 6. The summed E-state index contributed by atoms with van der Waals surface area (Å²) in [6.07, 6.45) is 0. The summed E-state index contributed by atoms with van der Waals surface area (Å²) in [7, 11) is -4.63. The predicted octanol–water partition coefficient (Wildman–Crippen LogP) is 9.55. The lowest BCUT2D eigenvalue weighted by atomic mass is 9.92. The highest BCUT2D eigenvalue weighted by Crippen LogP contribution is 2.44. The summed E-state index contributed by atoms with van der Waals surface area (Å²) >= 11 is 0. The van der Waals surface area contributed by atoms with Gasteiger partial charge in [0.15, 0.2) is 7.14 Å². The van der Waals surface area contributed by atoms with E-state index in [1.807, 2.05) is 60.7 Å². The summed E-state index contributed by atoms with van der Waals surface area (Å²) < 4.78 is 15.1. The zero-order chi connectivity index (χ0) is 31.5. The molecule has 0 bridgehead atoms. The lowest BCUT2D eigenvalue weighted by Gasteiger charge is -2.21. The molecular weight excluding hydrogens is 594 g/mol. The molecule has 0 spiro atoms. The maximum Gasteiger partial charge on any atom is 0.171 e. The van der Waals surface area contributed by atoms with Gasteiger partial charge >= 0.3 is 0 Å². The standard InChI is InChI=1S/C42H34NOPSi/c1-46(2,3)35-25-20-30-22-27-38-40(37-26-21-29-12-10-11-17-36(29)41(37)43-42(38)39(30)28-35)31-18-23-34(24-19-31)45(44,32-13-6-4-7-14-32)33-15-8-5-9-16-33/h4-28H,1-3H3. The van der Waals surface area contributed by atoms with Crippen LogP contribution >= 0.6 is 7.14 Å². The number of pyridine rings is 1. The highest BCUT2D eigenvalue weighted by atomic mass is 31.2. The molecule has 0 aliphatic carbocycles. The van der Waals surface area contributed by atoms with E-state index < -0.39 is 15.2 Å². The van der Waals surface area contributed by atoms with Gasteiger partial charge in [-0.3, -0.25) is 0 Å². The largest absolute Gasteiger partial charge is 0.309 e.